The van der Waals surface area contributed by atoms with Crippen molar-refractivity contribution in [3.8, 4) is 46.0 Å². The van der Waals surface area contributed by atoms with Crippen molar-refractivity contribution in [1.29, 1.82) is 0 Å². The van der Waals surface area contributed by atoms with Gasteiger partial charge in [-0.25, -0.2) is 4.79 Å². The topological polar surface area (TPSA) is 343 Å². The van der Waals surface area contributed by atoms with Gasteiger partial charge in [-0.05, 0) is 146 Å². The average Bonchev–Trinajstić information content (AvgIpc) is 1.33. The molecule has 8 N–H and O–H groups in total. The van der Waals surface area contributed by atoms with E-state index in [1.54, 1.807) is 26.8 Å². The molecule has 12 aromatic carbocycles. The van der Waals surface area contributed by atoms with E-state index in [0.717, 1.165) is 38.9 Å². The van der Waals surface area contributed by atoms with Crippen molar-refractivity contribution in [1.82, 2.24) is 57.2 Å². The molecule has 0 saturated carbocycles. The molecule has 8 bridgehead atoms. The predicted octanol–water partition coefficient (Wildman–Crippen LogP) is 16.8. The highest BCUT2D eigenvalue weighted by molar-refractivity contribution is 8.23. The van der Waals surface area contributed by atoms with Gasteiger partial charge in [0.05, 0.1) is 44.5 Å². The van der Waals surface area contributed by atoms with E-state index in [2.05, 4.69) is 42.5 Å². The Hall–Kier alpha value is -15.6. The summed E-state index contributed by atoms with van der Waals surface area (Å²) in [7, 11) is 0. The van der Waals surface area contributed by atoms with Gasteiger partial charge in [0, 0.05) is 103 Å². The molecule has 4 heterocycles. The monoisotopic (exact) mass is 2010 g/mol. The molecule has 31 heteroatoms. The molecule has 146 heavy (non-hydrogen) atoms. The van der Waals surface area contributed by atoms with E-state index in [0.29, 0.717) is 35.0 Å². The Labute approximate surface area is 859 Å². The van der Waals surface area contributed by atoms with Gasteiger partial charge in [-0.15, -0.1) is 0 Å². The first-order valence-corrected chi connectivity index (χ1v) is 50.5. The number of amides is 9. The van der Waals surface area contributed by atoms with Crippen LogP contribution in [0.5, 0.6) is 46.0 Å². The van der Waals surface area contributed by atoms with E-state index >= 15 is 33.6 Å². The average molecular weight is 2010 g/mol. The van der Waals surface area contributed by atoms with Gasteiger partial charge in [-0.3, -0.25) is 53.1 Å². The lowest BCUT2D eigenvalue weighted by Crippen LogP contribution is -2.51. The Morgan fingerprint density at radius 1 is 0.329 bits per heavy atom. The van der Waals surface area contributed by atoms with Crippen molar-refractivity contribution in [2.75, 3.05) is 90.8 Å². The summed E-state index contributed by atoms with van der Waals surface area (Å²) >= 11 is 7.10. The van der Waals surface area contributed by atoms with Crippen LogP contribution in [0.2, 0.25) is 0 Å². The molecule has 2 unspecified atom stereocenters. The van der Waals surface area contributed by atoms with Gasteiger partial charge in [0.2, 0.25) is 0 Å². The number of thiocarbonyl (C=S) groups is 1. The van der Waals surface area contributed by atoms with Gasteiger partial charge in [-0.2, -0.15) is 0 Å². The van der Waals surface area contributed by atoms with Crippen LogP contribution in [0, 0.1) is 0 Å². The molecule has 12 aromatic rings. The molecule has 16 rings (SSSR count). The molecule has 0 radical (unpaired) electrons. The van der Waals surface area contributed by atoms with Crippen LogP contribution in [-0.2, 0) is 57.6 Å². The summed E-state index contributed by atoms with van der Waals surface area (Å²) in [6.45, 7) is 5.25. The third-order valence-electron chi connectivity index (χ3n) is 24.3. The van der Waals surface area contributed by atoms with E-state index in [1.165, 1.54) is 59.1 Å². The molecule has 4 aliphatic heterocycles. The highest BCUT2D eigenvalue weighted by atomic mass is 32.2. The van der Waals surface area contributed by atoms with Crippen molar-refractivity contribution in [3.05, 3.63) is 380 Å². The Morgan fingerprint density at radius 3 is 0.904 bits per heavy atom. The maximum Gasteiger partial charge on any atom is 0.407 e. The molecular formula is C115H121N11O18S2. The van der Waals surface area contributed by atoms with Crippen LogP contribution in [0.1, 0.15) is 180 Å². The molecule has 4 atom stereocenters. The molecule has 1 saturated heterocycles. The fourth-order valence-electron chi connectivity index (χ4n) is 16.9. The van der Waals surface area contributed by atoms with Gasteiger partial charge in [-0.1, -0.05) is 267 Å². The van der Waals surface area contributed by atoms with Gasteiger partial charge in [0.25, 0.3) is 47.3 Å². The van der Waals surface area contributed by atoms with Gasteiger partial charge < -0.3 is 85.2 Å². The van der Waals surface area contributed by atoms with Crippen LogP contribution >= 0.6 is 24.0 Å². The second-order valence-corrected chi connectivity index (χ2v) is 38.1. The van der Waals surface area contributed by atoms with Crippen LogP contribution in [0.15, 0.2) is 291 Å². The summed E-state index contributed by atoms with van der Waals surface area (Å²) in [5, 5.41) is 25.4. The lowest BCUT2D eigenvalue weighted by molar-refractivity contribution is 0.0525. The second kappa shape index (κ2) is 53.1. The van der Waals surface area contributed by atoms with Crippen molar-refractivity contribution >= 4 is 81.7 Å². The number of rotatable bonds is 35. The van der Waals surface area contributed by atoms with Crippen molar-refractivity contribution in [3.63, 3.8) is 0 Å². The maximum atomic E-state index is 16.5. The molecule has 0 aliphatic carbocycles. The fourth-order valence-corrected chi connectivity index (χ4v) is 18.1. The summed E-state index contributed by atoms with van der Waals surface area (Å²) in [6.07, 6.45) is 0.582. The van der Waals surface area contributed by atoms with Crippen LogP contribution in [-0.4, -0.2) is 181 Å². The van der Waals surface area contributed by atoms with Gasteiger partial charge in [0.1, 0.15) is 62.8 Å². The number of alkyl carbamates (subject to hydrolysis) is 1. The standard InChI is InChI=1S/C115H121N11O18S2/c1-115(2,3)144-113(135)121-57-29-28-47-87-69-125-66-62-120-109(131)90-50-49-89(97(136-71-79-31-12-4-13-32-79)98(90)137-72-80-33-14-5-15-34-80)106(128)117-59-63-124(64-60-118-107(129)91-51-53-94(110(132)122-87)102(141-76-84-41-22-9-23-42-84)99(91)138-73-81-35-16-6-17-36-81)65-61-119-108(130)92-52-54-95(103(142-77-85-43-24-10-25-44-85)100(92)139-74-82-37-18-7-19-38-82)111(133)123-88(70-125)48-30-58-116-105(127)93-55-56-96(112(134)126-67-68-146-114(126)145)104(143-78-86-45-26-11-27-46-86)101(93)140-75-83-39-20-8-21-40-83/h4-27,31-46,49-56,87-88H,28-30,47-48,57-78H2,1-3H3,(H,116,127)(H,117,128)(H,118,129)(H,119,130)(H,120,131)(H,121,135)(H,122,132)(H,123,133)/t87-,88-/m0/s1. The van der Waals surface area contributed by atoms with Crippen LogP contribution in [0.4, 0.5) is 4.79 Å². The van der Waals surface area contributed by atoms with E-state index in [1.807, 2.05) is 252 Å². The van der Waals surface area contributed by atoms with Gasteiger partial charge in [0.15, 0.2) is 46.0 Å². The Bertz CT molecular complexity index is 6440. The number of hydrogen-bond acceptors (Lipinski definition) is 22. The fraction of sp³-hybridized carbons (Fsp3) is 0.287. The Balaban J connectivity index is 0.879. The lowest BCUT2D eigenvalue weighted by atomic mass is 10.0. The number of hydrogen-bond donors (Lipinski definition) is 8. The predicted molar refractivity (Wildman–Crippen MR) is 562 cm³/mol. The van der Waals surface area contributed by atoms with E-state index in [9.17, 15) is 9.59 Å². The number of carbonyl (C=O) groups excluding carboxylic acids is 9. The molecule has 9 amide bonds. The molecule has 29 nitrogen and oxygen atoms in total. The summed E-state index contributed by atoms with van der Waals surface area (Å²) < 4.78 is 60.5. The van der Waals surface area contributed by atoms with Crippen molar-refractivity contribution < 1.29 is 85.8 Å². The minimum Gasteiger partial charge on any atom is -0.484 e. The van der Waals surface area contributed by atoms with E-state index in [-0.39, 0.29) is 241 Å². The van der Waals surface area contributed by atoms with Gasteiger partial charge >= 0.3 is 6.09 Å². The molecule has 0 spiro atoms. The molecular weight excluding hydrogens is 1890 g/mol. The zero-order valence-corrected chi connectivity index (χ0v) is 83.6. The summed E-state index contributed by atoms with van der Waals surface area (Å²) in [4.78, 5) is 144. The molecule has 4 aliphatic rings. The molecule has 756 valence electrons. The number of ether oxygens (including phenoxy) is 9. The first kappa shape index (κ1) is 105. The number of nitrogens with one attached hydrogen (secondary N) is 8. The zero-order chi connectivity index (χ0) is 102. The summed E-state index contributed by atoms with van der Waals surface area (Å²) in [5.41, 5.74) is 5.31. The smallest absolute Gasteiger partial charge is 0.407 e. The Kier molecular flexibility index (Phi) is 38.1. The first-order valence-electron chi connectivity index (χ1n) is 49.1. The van der Waals surface area contributed by atoms with Crippen molar-refractivity contribution in [2.45, 2.75) is 123 Å². The minimum atomic E-state index is -0.965. The van der Waals surface area contributed by atoms with E-state index in [4.69, 9.17) is 54.8 Å². The van der Waals surface area contributed by atoms with Crippen LogP contribution < -0.4 is 80.4 Å². The number of nitrogens with zero attached hydrogens (tertiary/aromatic N) is 3. The second-order valence-electron chi connectivity index (χ2n) is 36.3. The van der Waals surface area contributed by atoms with E-state index < -0.39 is 71.0 Å². The summed E-state index contributed by atoms with van der Waals surface area (Å²) in [6, 6.07) is 85.0. The van der Waals surface area contributed by atoms with Crippen molar-refractivity contribution in [2.24, 2.45) is 0 Å². The molecule has 1 fully saturated rings. The number of unbranched alkanes of at least 4 members (excludes halogenated alkanes) is 1. The third kappa shape index (κ3) is 30.3. The minimum absolute atomic E-state index is 0.00157. The van der Waals surface area contributed by atoms with Crippen LogP contribution in [0.25, 0.3) is 0 Å². The first-order chi connectivity index (χ1) is 71.2. The third-order valence-corrected chi connectivity index (χ3v) is 25.8. The normalized spacial score (nSPS) is 16.0. The largest absolute Gasteiger partial charge is 0.484 e. The Morgan fingerprint density at radius 2 is 0.603 bits per heavy atom. The number of thioether (sulfide) groups is 1. The number of fused-ring (bicyclic) bond motifs is 18. The molecule has 0 aromatic heterocycles. The lowest BCUT2D eigenvalue weighted by Gasteiger charge is -2.32. The summed E-state index contributed by atoms with van der Waals surface area (Å²) in [5.74, 6) is -4.43. The number of carbonyl (C=O) groups is 9. The van der Waals surface area contributed by atoms with Crippen LogP contribution in [0.3, 0.4) is 0 Å². The SMILES string of the molecule is CC(C)(C)OC(=O)NCCCC[C@H]1CN2CCNC(=O)c3ccc(c(OCc4ccccc4)c3OCc3ccccc3)C(=O)NCCN(CCNC(=O)c3ccc(c(OCc4ccccc4)c3OCc3ccccc3)C(=O)N1)CCNC(=O)c1ccc(c(OCc3ccccc3)c1OCc1ccccc1)C(=O)N[C@@H](CCCNC(=O)c1ccc(C(=O)N3CCSC3=S)c(OCc3ccccc3)c1OCc1ccccc1)C2. The maximum absolute atomic E-state index is 16.5. The highest BCUT2D eigenvalue weighted by Crippen LogP contribution is 2.43. The highest BCUT2D eigenvalue weighted by Gasteiger charge is 2.36. The quantitative estimate of drug-likeness (QED) is 0.0135. The number of benzene rings is 12. The zero-order valence-electron chi connectivity index (χ0n) is 82.0.